The van der Waals surface area contributed by atoms with Crippen molar-refractivity contribution in [2.45, 2.75) is 33.6 Å². The lowest BCUT2D eigenvalue weighted by Crippen LogP contribution is -1.92. The monoisotopic (exact) mass is 262 g/mol. The van der Waals surface area contributed by atoms with Crippen molar-refractivity contribution in [3.63, 3.8) is 0 Å². The van der Waals surface area contributed by atoms with Crippen LogP contribution in [0.2, 0.25) is 0 Å². The third-order valence-corrected chi connectivity index (χ3v) is 4.13. The van der Waals surface area contributed by atoms with Crippen molar-refractivity contribution >= 4 is 11.3 Å². The quantitative estimate of drug-likeness (QED) is 0.832. The molecule has 0 aliphatic rings. The Balaban J connectivity index is 2.70. The molecular weight excluding hydrogens is 244 g/mol. The van der Waals surface area contributed by atoms with Crippen molar-refractivity contribution < 1.29 is 10.2 Å². The largest absolute Gasteiger partial charge is 0.508 e. The first kappa shape index (κ1) is 13.0. The van der Waals surface area contributed by atoms with E-state index in [9.17, 15) is 10.2 Å². The second-order valence-electron chi connectivity index (χ2n) is 4.97. The van der Waals surface area contributed by atoms with Gasteiger partial charge in [-0.3, -0.25) is 0 Å². The summed E-state index contributed by atoms with van der Waals surface area (Å²) in [5.74, 6) is 0.941. The highest BCUT2D eigenvalue weighted by atomic mass is 32.1. The summed E-state index contributed by atoms with van der Waals surface area (Å²) in [6.07, 6.45) is 0. The Kier molecular flexibility index (Phi) is 3.35. The minimum Gasteiger partial charge on any atom is -0.508 e. The molecule has 0 atom stereocenters. The van der Waals surface area contributed by atoms with E-state index >= 15 is 0 Å². The lowest BCUT2D eigenvalue weighted by molar-refractivity contribution is 0.468. The molecule has 0 unspecified atom stereocenters. The van der Waals surface area contributed by atoms with Gasteiger partial charge in [-0.1, -0.05) is 13.8 Å². The van der Waals surface area contributed by atoms with Gasteiger partial charge in [-0.2, -0.15) is 0 Å². The van der Waals surface area contributed by atoms with Crippen LogP contribution in [0.4, 0.5) is 0 Å². The van der Waals surface area contributed by atoms with E-state index in [1.54, 1.807) is 28.8 Å². The van der Waals surface area contributed by atoms with Crippen LogP contribution in [-0.2, 0) is 0 Å². The number of rotatable bonds is 2. The van der Waals surface area contributed by atoms with Crippen LogP contribution in [0.25, 0.3) is 10.4 Å². The Hall–Kier alpha value is -1.48. The van der Waals surface area contributed by atoms with E-state index in [1.807, 2.05) is 13.8 Å². The summed E-state index contributed by atoms with van der Waals surface area (Å²) in [6.45, 7) is 8.14. The minimum atomic E-state index is 0.277. The highest BCUT2D eigenvalue weighted by Crippen LogP contribution is 2.44. The van der Waals surface area contributed by atoms with Gasteiger partial charge in [-0.05, 0) is 48.6 Å². The zero-order valence-corrected chi connectivity index (χ0v) is 11.9. The van der Waals surface area contributed by atoms with E-state index in [2.05, 4.69) is 13.8 Å². The lowest BCUT2D eigenvalue weighted by Gasteiger charge is -2.13. The van der Waals surface area contributed by atoms with Crippen LogP contribution in [-0.4, -0.2) is 10.2 Å². The van der Waals surface area contributed by atoms with Crippen molar-refractivity contribution in [1.82, 2.24) is 0 Å². The van der Waals surface area contributed by atoms with Crippen LogP contribution in [0.15, 0.2) is 17.5 Å². The molecule has 3 heteroatoms. The van der Waals surface area contributed by atoms with Gasteiger partial charge in [0, 0.05) is 15.8 Å². The van der Waals surface area contributed by atoms with Gasteiger partial charge in [0.25, 0.3) is 0 Å². The van der Waals surface area contributed by atoms with Gasteiger partial charge in [0.1, 0.15) is 11.5 Å². The van der Waals surface area contributed by atoms with Gasteiger partial charge in [0.15, 0.2) is 0 Å². The molecule has 2 nitrogen and oxygen atoms in total. The Morgan fingerprint density at radius 1 is 1.06 bits per heavy atom. The van der Waals surface area contributed by atoms with Gasteiger partial charge in [-0.15, -0.1) is 11.3 Å². The molecule has 0 radical (unpaired) electrons. The molecule has 0 fully saturated rings. The maximum atomic E-state index is 9.96. The van der Waals surface area contributed by atoms with Gasteiger partial charge in [-0.25, -0.2) is 0 Å². The van der Waals surface area contributed by atoms with Crippen LogP contribution in [0.5, 0.6) is 11.5 Å². The summed E-state index contributed by atoms with van der Waals surface area (Å²) >= 11 is 1.56. The van der Waals surface area contributed by atoms with Crippen molar-refractivity contribution in [3.8, 4) is 21.9 Å². The van der Waals surface area contributed by atoms with Gasteiger partial charge in [0.2, 0.25) is 0 Å². The topological polar surface area (TPSA) is 40.5 Å². The lowest BCUT2D eigenvalue weighted by atomic mass is 9.94. The summed E-state index contributed by atoms with van der Waals surface area (Å²) in [4.78, 5) is 1.11. The number of aryl methyl sites for hydroxylation is 2. The maximum Gasteiger partial charge on any atom is 0.130 e. The molecule has 2 rings (SSSR count). The molecule has 0 saturated heterocycles. The zero-order valence-electron chi connectivity index (χ0n) is 11.1. The van der Waals surface area contributed by atoms with E-state index < -0.39 is 0 Å². The smallest absolute Gasteiger partial charge is 0.130 e. The first-order chi connectivity index (χ1) is 8.41. The fourth-order valence-corrected chi connectivity index (χ4v) is 3.67. The molecule has 0 saturated carbocycles. The highest BCUT2D eigenvalue weighted by molar-refractivity contribution is 7.14. The Morgan fingerprint density at radius 3 is 2.11 bits per heavy atom. The average Bonchev–Trinajstić information content (AvgIpc) is 2.58. The van der Waals surface area contributed by atoms with E-state index in [4.69, 9.17) is 0 Å². The number of aromatic hydroxyl groups is 2. The molecule has 0 amide bonds. The van der Waals surface area contributed by atoms with Crippen LogP contribution < -0.4 is 0 Å². The third-order valence-electron chi connectivity index (χ3n) is 3.13. The number of phenols is 1. The SMILES string of the molecule is Cc1cc(O)cc(C)c1-c1scc(O)c1C(C)C. The molecular formula is C15H18O2S. The molecule has 2 aromatic rings. The molecule has 2 N–H and O–H groups in total. The van der Waals surface area contributed by atoms with Gasteiger partial charge >= 0.3 is 0 Å². The first-order valence-corrected chi connectivity index (χ1v) is 6.90. The number of hydrogen-bond donors (Lipinski definition) is 2. The van der Waals surface area contributed by atoms with Crippen LogP contribution in [0, 0.1) is 13.8 Å². The second kappa shape index (κ2) is 4.65. The normalized spacial score (nSPS) is 11.2. The zero-order chi connectivity index (χ0) is 13.4. The summed E-state index contributed by atoms with van der Waals surface area (Å²) in [5.41, 5.74) is 4.20. The Labute approximate surface area is 112 Å². The van der Waals surface area contributed by atoms with E-state index in [0.717, 1.165) is 27.1 Å². The number of hydrogen-bond acceptors (Lipinski definition) is 3. The number of thiophene rings is 1. The second-order valence-corrected chi connectivity index (χ2v) is 5.85. The van der Waals surface area contributed by atoms with E-state index in [0.29, 0.717) is 11.5 Å². The molecule has 1 heterocycles. The molecule has 0 bridgehead atoms. The third kappa shape index (κ3) is 2.10. The van der Waals surface area contributed by atoms with Crippen LogP contribution in [0.1, 0.15) is 36.5 Å². The van der Waals surface area contributed by atoms with E-state index in [1.165, 1.54) is 0 Å². The van der Waals surface area contributed by atoms with Crippen molar-refractivity contribution in [1.29, 1.82) is 0 Å². The van der Waals surface area contributed by atoms with E-state index in [-0.39, 0.29) is 5.92 Å². The van der Waals surface area contributed by atoms with Gasteiger partial charge in [0.05, 0.1) is 0 Å². The Morgan fingerprint density at radius 2 is 1.61 bits per heavy atom. The summed E-state index contributed by atoms with van der Waals surface area (Å²) in [6, 6.07) is 3.53. The molecule has 0 spiro atoms. The summed E-state index contributed by atoms with van der Waals surface area (Å²) < 4.78 is 0. The fraction of sp³-hybridized carbons (Fsp3) is 0.333. The van der Waals surface area contributed by atoms with Gasteiger partial charge < -0.3 is 10.2 Å². The van der Waals surface area contributed by atoms with Crippen molar-refractivity contribution in [2.24, 2.45) is 0 Å². The predicted octanol–water partition coefficient (Wildman–Crippen LogP) is 4.57. The maximum absolute atomic E-state index is 9.96. The highest BCUT2D eigenvalue weighted by Gasteiger charge is 2.19. The first-order valence-electron chi connectivity index (χ1n) is 6.02. The van der Waals surface area contributed by atoms with Crippen LogP contribution in [0.3, 0.4) is 0 Å². The number of phenolic OH excluding ortho intramolecular Hbond substituents is 1. The summed E-state index contributed by atoms with van der Waals surface area (Å²) in [5, 5.41) is 21.4. The average molecular weight is 262 g/mol. The molecule has 0 aliphatic carbocycles. The predicted molar refractivity (Wildman–Crippen MR) is 76.6 cm³/mol. The molecule has 96 valence electrons. The minimum absolute atomic E-state index is 0.277. The summed E-state index contributed by atoms with van der Waals surface area (Å²) in [7, 11) is 0. The molecule has 18 heavy (non-hydrogen) atoms. The molecule has 1 aromatic carbocycles. The standard InChI is InChI=1S/C15H18O2S/c1-8(2)13-12(17)7-18-15(13)14-9(3)5-11(16)6-10(14)4/h5-8,16-17H,1-4H3. The Bertz CT molecular complexity index is 559. The van der Waals surface area contributed by atoms with Crippen LogP contribution >= 0.6 is 11.3 Å². The van der Waals surface area contributed by atoms with Crippen molar-refractivity contribution in [3.05, 3.63) is 34.2 Å². The van der Waals surface area contributed by atoms with Crippen molar-refractivity contribution in [2.75, 3.05) is 0 Å². The molecule has 0 aliphatic heterocycles. The number of benzene rings is 1. The fourth-order valence-electron chi connectivity index (χ4n) is 2.41. The molecule has 1 aromatic heterocycles.